The Bertz CT molecular complexity index is 1610. The fraction of sp³-hybridized carbons (Fsp3) is 0.0800. The average molecular weight is 504 g/mol. The maximum absolute atomic E-state index is 13.2. The van der Waals surface area contributed by atoms with Crippen LogP contribution in [-0.4, -0.2) is 30.2 Å². The number of amides is 1. The molecule has 0 spiro atoms. The molecule has 0 aliphatic heterocycles. The first-order chi connectivity index (χ1) is 17.7. The Balaban J connectivity index is 1.38. The van der Waals surface area contributed by atoms with Gasteiger partial charge in [0.1, 0.15) is 0 Å². The number of carbonyl (C=O) groups is 1. The second-order valence-electron chi connectivity index (χ2n) is 8.07. The van der Waals surface area contributed by atoms with Crippen LogP contribution in [0, 0.1) is 6.92 Å². The zero-order valence-electron chi connectivity index (χ0n) is 19.3. The zero-order valence-corrected chi connectivity index (χ0v) is 19.3. The van der Waals surface area contributed by atoms with Crippen molar-refractivity contribution in [3.8, 4) is 11.4 Å². The molecular weight excluding hydrogens is 485 g/mol. The Kier molecular flexibility index (Phi) is 5.91. The highest BCUT2D eigenvalue weighted by atomic mass is 19.4. The SMILES string of the molecule is Cc1nc2ncc(C(F)(F)F)cn2c1-c1ccnc(Nc2ccc(C(=O)Nc3ccccc3N)cc2)n1. The monoisotopic (exact) mass is 504 g/mol. The van der Waals surface area contributed by atoms with Crippen molar-refractivity contribution in [3.05, 3.63) is 90.0 Å². The summed E-state index contributed by atoms with van der Waals surface area (Å²) in [5.74, 6) is 0.0124. The molecule has 0 fully saturated rings. The number of aryl methyl sites for hydroxylation is 1. The Hall–Kier alpha value is -5.00. The summed E-state index contributed by atoms with van der Waals surface area (Å²) in [5.41, 5.74) is 8.15. The normalized spacial score (nSPS) is 11.5. The topological polar surface area (TPSA) is 123 Å². The van der Waals surface area contributed by atoms with Gasteiger partial charge in [0.05, 0.1) is 34.0 Å². The highest BCUT2D eigenvalue weighted by molar-refractivity contribution is 6.05. The quantitative estimate of drug-likeness (QED) is 0.285. The number of fused-ring (bicyclic) bond motifs is 1. The van der Waals surface area contributed by atoms with E-state index in [9.17, 15) is 18.0 Å². The number of alkyl halides is 3. The third-order valence-corrected chi connectivity index (χ3v) is 5.49. The summed E-state index contributed by atoms with van der Waals surface area (Å²) >= 11 is 0. The van der Waals surface area contributed by atoms with E-state index in [4.69, 9.17) is 5.73 Å². The molecule has 9 nitrogen and oxygen atoms in total. The number of halogens is 3. The van der Waals surface area contributed by atoms with E-state index in [1.165, 1.54) is 10.6 Å². The van der Waals surface area contributed by atoms with Crippen LogP contribution in [0.1, 0.15) is 21.6 Å². The summed E-state index contributed by atoms with van der Waals surface area (Å²) in [5, 5.41) is 5.79. The largest absolute Gasteiger partial charge is 0.419 e. The summed E-state index contributed by atoms with van der Waals surface area (Å²) in [6, 6.07) is 15.1. The first-order valence-corrected chi connectivity index (χ1v) is 11.0. The molecule has 1 amide bonds. The van der Waals surface area contributed by atoms with Gasteiger partial charge in [0.15, 0.2) is 0 Å². The highest BCUT2D eigenvalue weighted by Gasteiger charge is 2.32. The molecule has 12 heteroatoms. The van der Waals surface area contributed by atoms with Crippen LogP contribution in [0.3, 0.4) is 0 Å². The summed E-state index contributed by atoms with van der Waals surface area (Å²) in [6.07, 6.45) is -1.38. The van der Waals surface area contributed by atoms with Gasteiger partial charge in [-0.15, -0.1) is 0 Å². The van der Waals surface area contributed by atoms with E-state index < -0.39 is 11.7 Å². The number of anilines is 4. The molecule has 0 bridgehead atoms. The predicted molar refractivity (Wildman–Crippen MR) is 132 cm³/mol. The van der Waals surface area contributed by atoms with E-state index in [1.807, 2.05) is 0 Å². The van der Waals surface area contributed by atoms with Gasteiger partial charge in [-0.05, 0) is 49.4 Å². The second kappa shape index (κ2) is 9.22. The number of carbonyl (C=O) groups excluding carboxylic acids is 1. The first kappa shape index (κ1) is 23.7. The van der Waals surface area contributed by atoms with Gasteiger partial charge in [-0.2, -0.15) is 13.2 Å². The molecule has 3 aromatic heterocycles. The second-order valence-corrected chi connectivity index (χ2v) is 8.07. The van der Waals surface area contributed by atoms with E-state index in [1.54, 1.807) is 61.5 Å². The van der Waals surface area contributed by atoms with Crippen LogP contribution in [0.2, 0.25) is 0 Å². The number of benzene rings is 2. The van der Waals surface area contributed by atoms with Crippen molar-refractivity contribution >= 4 is 34.7 Å². The lowest BCUT2D eigenvalue weighted by atomic mass is 10.2. The standard InChI is InChI=1S/C25H19F3N8O/c1-14-21(36-13-16(25(26,27)28)12-31-24(36)32-14)20-10-11-30-23(35-20)33-17-8-6-15(7-9-17)22(37)34-19-5-3-2-4-18(19)29/h2-13H,29H2,1H3,(H,34,37)(H,30,33,35). The number of nitrogens with two attached hydrogens (primary N) is 1. The zero-order chi connectivity index (χ0) is 26.2. The van der Waals surface area contributed by atoms with Crippen LogP contribution in [0.25, 0.3) is 17.2 Å². The van der Waals surface area contributed by atoms with E-state index in [0.717, 1.165) is 12.4 Å². The van der Waals surface area contributed by atoms with Gasteiger partial charge in [-0.1, -0.05) is 12.1 Å². The number of imidazole rings is 1. The van der Waals surface area contributed by atoms with E-state index in [2.05, 4.69) is 30.6 Å². The Morgan fingerprint density at radius 1 is 1.00 bits per heavy atom. The van der Waals surface area contributed by atoms with Crippen LogP contribution < -0.4 is 16.4 Å². The molecule has 37 heavy (non-hydrogen) atoms. The Morgan fingerprint density at radius 2 is 1.76 bits per heavy atom. The summed E-state index contributed by atoms with van der Waals surface area (Å²) in [7, 11) is 0. The number of nitrogens with zero attached hydrogens (tertiary/aromatic N) is 5. The summed E-state index contributed by atoms with van der Waals surface area (Å²) < 4.78 is 40.9. The van der Waals surface area contributed by atoms with Gasteiger partial charge < -0.3 is 16.4 Å². The fourth-order valence-corrected chi connectivity index (χ4v) is 3.69. The van der Waals surface area contributed by atoms with E-state index in [0.29, 0.717) is 39.7 Å². The lowest BCUT2D eigenvalue weighted by Gasteiger charge is -2.10. The minimum atomic E-state index is -4.55. The molecule has 186 valence electrons. The molecule has 0 saturated heterocycles. The van der Waals surface area contributed by atoms with Gasteiger partial charge in [0.2, 0.25) is 11.7 Å². The molecule has 2 aromatic carbocycles. The number of nitrogen functional groups attached to an aromatic ring is 1. The van der Waals surface area contributed by atoms with E-state index in [-0.39, 0.29) is 17.6 Å². The van der Waals surface area contributed by atoms with Gasteiger partial charge in [0, 0.05) is 29.8 Å². The van der Waals surface area contributed by atoms with Crippen LogP contribution in [0.5, 0.6) is 0 Å². The van der Waals surface area contributed by atoms with E-state index >= 15 is 0 Å². The number of aromatic nitrogens is 5. The third-order valence-electron chi connectivity index (χ3n) is 5.49. The maximum Gasteiger partial charge on any atom is 0.419 e. The van der Waals surface area contributed by atoms with Gasteiger partial charge in [0.25, 0.3) is 5.91 Å². The van der Waals surface area contributed by atoms with Crippen molar-refractivity contribution in [2.24, 2.45) is 0 Å². The number of nitrogens with one attached hydrogen (secondary N) is 2. The van der Waals surface area contributed by atoms with Crippen molar-refractivity contribution < 1.29 is 18.0 Å². The molecule has 5 aromatic rings. The average Bonchev–Trinajstić information content (AvgIpc) is 3.20. The smallest absolute Gasteiger partial charge is 0.397 e. The van der Waals surface area contributed by atoms with Gasteiger partial charge >= 0.3 is 6.18 Å². The summed E-state index contributed by atoms with van der Waals surface area (Å²) in [6.45, 7) is 1.67. The third kappa shape index (κ3) is 4.89. The molecule has 0 aliphatic rings. The van der Waals surface area contributed by atoms with Crippen molar-refractivity contribution in [3.63, 3.8) is 0 Å². The molecule has 3 heterocycles. The molecule has 0 saturated carbocycles. The minimum absolute atomic E-state index is 0.125. The Morgan fingerprint density at radius 3 is 2.49 bits per heavy atom. The number of para-hydroxylation sites is 2. The van der Waals surface area contributed by atoms with Crippen LogP contribution in [0.4, 0.5) is 36.2 Å². The Labute approximate surface area is 208 Å². The van der Waals surface area contributed by atoms with Crippen molar-refractivity contribution in [1.29, 1.82) is 0 Å². The van der Waals surface area contributed by atoms with Crippen molar-refractivity contribution in [2.45, 2.75) is 13.1 Å². The molecule has 0 radical (unpaired) electrons. The highest BCUT2D eigenvalue weighted by Crippen LogP contribution is 2.31. The van der Waals surface area contributed by atoms with Crippen LogP contribution >= 0.6 is 0 Å². The number of rotatable bonds is 5. The molecular formula is C25H19F3N8O. The van der Waals surface area contributed by atoms with Crippen molar-refractivity contribution in [1.82, 2.24) is 24.3 Å². The first-order valence-electron chi connectivity index (χ1n) is 11.0. The lowest BCUT2D eigenvalue weighted by Crippen LogP contribution is -2.13. The maximum atomic E-state index is 13.2. The predicted octanol–water partition coefficient (Wildman–Crippen LogP) is 5.09. The number of hydrogen-bond donors (Lipinski definition) is 3. The molecule has 0 unspecified atom stereocenters. The molecule has 0 aliphatic carbocycles. The molecule has 4 N–H and O–H groups in total. The summed E-state index contributed by atoms with van der Waals surface area (Å²) in [4.78, 5) is 29.3. The number of hydrogen-bond acceptors (Lipinski definition) is 7. The van der Waals surface area contributed by atoms with Gasteiger partial charge in [-0.25, -0.2) is 19.9 Å². The van der Waals surface area contributed by atoms with Crippen LogP contribution in [-0.2, 0) is 6.18 Å². The van der Waals surface area contributed by atoms with Crippen molar-refractivity contribution in [2.75, 3.05) is 16.4 Å². The lowest BCUT2D eigenvalue weighted by molar-refractivity contribution is -0.138. The van der Waals surface area contributed by atoms with Gasteiger partial charge in [-0.3, -0.25) is 9.20 Å². The molecule has 5 rings (SSSR count). The van der Waals surface area contributed by atoms with Crippen LogP contribution in [0.15, 0.2) is 73.2 Å². The fourth-order valence-electron chi connectivity index (χ4n) is 3.69. The molecule has 0 atom stereocenters. The minimum Gasteiger partial charge on any atom is -0.397 e.